The van der Waals surface area contributed by atoms with Gasteiger partial charge in [0.25, 0.3) is 10.0 Å². The van der Waals surface area contributed by atoms with Crippen molar-refractivity contribution in [1.29, 1.82) is 0 Å². The third kappa shape index (κ3) is 3.87. The summed E-state index contributed by atoms with van der Waals surface area (Å²) in [6, 6.07) is 13.8. The maximum atomic E-state index is 12.3. The van der Waals surface area contributed by atoms with Crippen LogP contribution in [-0.2, 0) is 10.0 Å². The van der Waals surface area contributed by atoms with Gasteiger partial charge in [-0.3, -0.25) is 0 Å². The number of aryl methyl sites for hydroxylation is 1. The first kappa shape index (κ1) is 16.5. The molecule has 0 unspecified atom stereocenters. The number of halogens is 1. The number of nitrogens with zero attached hydrogens (tertiary/aromatic N) is 2. The van der Waals surface area contributed by atoms with E-state index in [4.69, 9.17) is 11.6 Å². The van der Waals surface area contributed by atoms with E-state index < -0.39 is 10.0 Å². The van der Waals surface area contributed by atoms with Gasteiger partial charge in [0.1, 0.15) is 5.84 Å². The molecule has 116 valence electrons. The van der Waals surface area contributed by atoms with Crippen molar-refractivity contribution in [3.05, 3.63) is 59.1 Å². The van der Waals surface area contributed by atoms with Crippen LogP contribution < -0.4 is 4.90 Å². The predicted molar refractivity (Wildman–Crippen MR) is 91.3 cm³/mol. The van der Waals surface area contributed by atoms with Gasteiger partial charge in [-0.25, -0.2) is 0 Å². The minimum absolute atomic E-state index is 0.178. The van der Waals surface area contributed by atoms with Gasteiger partial charge in [0.05, 0.1) is 4.90 Å². The highest BCUT2D eigenvalue weighted by Gasteiger charge is 2.15. The molecule has 0 saturated heterocycles. The van der Waals surface area contributed by atoms with Crippen molar-refractivity contribution in [1.82, 2.24) is 0 Å². The second-order valence-corrected chi connectivity index (χ2v) is 7.01. The van der Waals surface area contributed by atoms with Crippen molar-refractivity contribution < 1.29 is 8.42 Å². The van der Waals surface area contributed by atoms with Gasteiger partial charge in [-0.2, -0.15) is 8.42 Å². The highest BCUT2D eigenvalue weighted by Crippen LogP contribution is 2.20. The Balaban J connectivity index is 2.32. The molecule has 0 aliphatic carbocycles. The number of hydrogen-bond donors (Lipinski definition) is 0. The minimum Gasteiger partial charge on any atom is -0.332 e. The maximum absolute atomic E-state index is 12.3. The summed E-state index contributed by atoms with van der Waals surface area (Å²) in [5.74, 6) is 0.364. The second kappa shape index (κ2) is 6.50. The Kier molecular flexibility index (Phi) is 4.88. The molecule has 0 aliphatic rings. The third-order valence-electron chi connectivity index (χ3n) is 3.25. The van der Waals surface area contributed by atoms with Gasteiger partial charge in [0.15, 0.2) is 0 Å². The monoisotopic (exact) mass is 336 g/mol. The van der Waals surface area contributed by atoms with Crippen molar-refractivity contribution in [2.24, 2.45) is 4.40 Å². The molecule has 2 rings (SSSR count). The highest BCUT2D eigenvalue weighted by molar-refractivity contribution is 7.90. The summed E-state index contributed by atoms with van der Waals surface area (Å²) >= 11 is 5.95. The zero-order chi connectivity index (χ0) is 16.3. The molecule has 22 heavy (non-hydrogen) atoms. The summed E-state index contributed by atoms with van der Waals surface area (Å²) in [5.41, 5.74) is 1.77. The van der Waals surface area contributed by atoms with Crippen LogP contribution >= 0.6 is 11.6 Å². The number of anilines is 1. The van der Waals surface area contributed by atoms with Crippen molar-refractivity contribution in [2.45, 2.75) is 18.7 Å². The summed E-state index contributed by atoms with van der Waals surface area (Å²) in [6.07, 6.45) is 0. The van der Waals surface area contributed by atoms with E-state index in [-0.39, 0.29) is 4.90 Å². The summed E-state index contributed by atoms with van der Waals surface area (Å²) in [7, 11) is -1.98. The van der Waals surface area contributed by atoms with Gasteiger partial charge in [0, 0.05) is 17.8 Å². The molecule has 0 atom stereocenters. The largest absolute Gasteiger partial charge is 0.332 e. The Bertz CT molecular complexity index is 799. The average Bonchev–Trinajstić information content (AvgIpc) is 2.46. The van der Waals surface area contributed by atoms with Gasteiger partial charge in [-0.05, 0) is 44.2 Å². The third-order valence-corrected chi connectivity index (χ3v) is 4.86. The molecular formula is C16H17ClN2O2S. The van der Waals surface area contributed by atoms with Gasteiger partial charge in [0.2, 0.25) is 0 Å². The van der Waals surface area contributed by atoms with Crippen LogP contribution in [0.25, 0.3) is 0 Å². The van der Waals surface area contributed by atoms with E-state index in [0.29, 0.717) is 10.9 Å². The van der Waals surface area contributed by atoms with Crippen molar-refractivity contribution >= 4 is 33.1 Å². The van der Waals surface area contributed by atoms with Gasteiger partial charge >= 0.3 is 0 Å². The highest BCUT2D eigenvalue weighted by atomic mass is 35.5. The van der Waals surface area contributed by atoms with Crippen LogP contribution in [0.15, 0.2) is 57.8 Å². The molecule has 0 radical (unpaired) electrons. The molecular weight excluding hydrogens is 320 g/mol. The molecule has 0 aliphatic heterocycles. The first-order valence-corrected chi connectivity index (χ1v) is 8.49. The molecule has 2 aromatic rings. The van der Waals surface area contributed by atoms with E-state index in [2.05, 4.69) is 4.40 Å². The minimum atomic E-state index is -3.73. The molecule has 0 aromatic heterocycles. The van der Waals surface area contributed by atoms with Gasteiger partial charge in [-0.1, -0.05) is 35.4 Å². The van der Waals surface area contributed by atoms with Crippen LogP contribution in [-0.4, -0.2) is 21.3 Å². The fraction of sp³-hybridized carbons (Fsp3) is 0.188. The molecule has 0 spiro atoms. The molecule has 2 aromatic carbocycles. The molecule has 0 bridgehead atoms. The topological polar surface area (TPSA) is 49.7 Å². The molecule has 6 heteroatoms. The van der Waals surface area contributed by atoms with E-state index >= 15 is 0 Å². The summed E-state index contributed by atoms with van der Waals surface area (Å²) in [5, 5.41) is 0.582. The quantitative estimate of drug-likeness (QED) is 0.631. The van der Waals surface area contributed by atoms with E-state index in [1.165, 1.54) is 0 Å². The van der Waals surface area contributed by atoms with Crippen LogP contribution in [0.3, 0.4) is 0 Å². The molecule has 0 fully saturated rings. The second-order valence-electron chi connectivity index (χ2n) is 4.97. The average molecular weight is 337 g/mol. The molecule has 0 N–H and O–H groups in total. The first-order valence-electron chi connectivity index (χ1n) is 6.67. The summed E-state index contributed by atoms with van der Waals surface area (Å²) in [6.45, 7) is 3.55. The van der Waals surface area contributed by atoms with E-state index in [9.17, 15) is 8.42 Å². The smallest absolute Gasteiger partial charge is 0.283 e. The summed E-state index contributed by atoms with van der Waals surface area (Å²) < 4.78 is 28.5. The number of rotatable bonds is 3. The van der Waals surface area contributed by atoms with Crippen molar-refractivity contribution in [3.63, 3.8) is 0 Å². The number of hydrogen-bond acceptors (Lipinski definition) is 2. The van der Waals surface area contributed by atoms with Crippen molar-refractivity contribution in [3.8, 4) is 0 Å². The van der Waals surface area contributed by atoms with Gasteiger partial charge in [-0.15, -0.1) is 4.40 Å². The van der Waals surface area contributed by atoms with Crippen LogP contribution in [0, 0.1) is 6.92 Å². The fourth-order valence-electron chi connectivity index (χ4n) is 1.87. The number of sulfonamides is 1. The standard InChI is InChI=1S/C16H17ClN2O2S/c1-12-7-9-16(10-8-12)22(20,21)18-13(2)19(3)15-6-4-5-14(17)11-15/h4-11H,1-3H3/b18-13+. The van der Waals surface area contributed by atoms with Crippen LogP contribution in [0.4, 0.5) is 5.69 Å². The lowest BCUT2D eigenvalue weighted by Crippen LogP contribution is -2.24. The predicted octanol–water partition coefficient (Wildman–Crippen LogP) is 3.89. The van der Waals surface area contributed by atoms with Gasteiger partial charge < -0.3 is 4.90 Å². The van der Waals surface area contributed by atoms with E-state index in [1.807, 2.05) is 13.0 Å². The Labute approximate surface area is 136 Å². The van der Waals surface area contributed by atoms with E-state index in [1.54, 1.807) is 61.3 Å². The molecule has 0 amide bonds. The zero-order valence-corrected chi connectivity index (χ0v) is 14.2. The SMILES string of the molecule is C/C(=N\S(=O)(=O)c1ccc(C)cc1)N(C)c1cccc(Cl)c1. The Morgan fingerprint density at radius 2 is 1.77 bits per heavy atom. The maximum Gasteiger partial charge on any atom is 0.283 e. The lowest BCUT2D eigenvalue weighted by Gasteiger charge is -2.18. The molecule has 0 heterocycles. The van der Waals surface area contributed by atoms with Crippen molar-refractivity contribution in [2.75, 3.05) is 11.9 Å². The normalized spacial score (nSPS) is 12.3. The Morgan fingerprint density at radius 1 is 1.14 bits per heavy atom. The molecule has 0 saturated carbocycles. The van der Waals surface area contributed by atoms with E-state index in [0.717, 1.165) is 11.3 Å². The Morgan fingerprint density at radius 3 is 2.36 bits per heavy atom. The number of benzene rings is 2. The number of amidine groups is 1. The van der Waals surface area contributed by atoms with Crippen LogP contribution in [0.2, 0.25) is 5.02 Å². The first-order chi connectivity index (χ1) is 10.3. The lowest BCUT2D eigenvalue weighted by atomic mass is 10.2. The summed E-state index contributed by atoms with van der Waals surface area (Å²) in [4.78, 5) is 1.86. The molecule has 4 nitrogen and oxygen atoms in total. The Hall–Kier alpha value is -1.85. The van der Waals surface area contributed by atoms with Crippen LogP contribution in [0.1, 0.15) is 12.5 Å². The van der Waals surface area contributed by atoms with Crippen LogP contribution in [0.5, 0.6) is 0 Å². The lowest BCUT2D eigenvalue weighted by molar-refractivity contribution is 0.598. The fourth-order valence-corrected chi connectivity index (χ4v) is 3.11. The zero-order valence-electron chi connectivity index (χ0n) is 12.6.